The molecule has 23 heavy (non-hydrogen) atoms. The molecule has 120 valence electrons. The van der Waals surface area contributed by atoms with E-state index in [1.165, 1.54) is 0 Å². The minimum absolute atomic E-state index is 0.152. The molecule has 1 aromatic carbocycles. The number of aliphatic hydroxyl groups excluding tert-OH is 1. The topological polar surface area (TPSA) is 84.0 Å². The summed E-state index contributed by atoms with van der Waals surface area (Å²) >= 11 is -0.497. The van der Waals surface area contributed by atoms with Crippen LogP contribution in [0, 0.1) is 12.5 Å². The average molecular weight is 379 g/mol. The van der Waals surface area contributed by atoms with Crippen LogP contribution in [0.2, 0.25) is 0 Å². The van der Waals surface area contributed by atoms with Gasteiger partial charge in [0.1, 0.15) is 0 Å². The van der Waals surface area contributed by atoms with Crippen LogP contribution < -0.4 is 4.74 Å². The van der Waals surface area contributed by atoms with Crippen molar-refractivity contribution in [3.05, 3.63) is 39.7 Å². The van der Waals surface area contributed by atoms with Crippen molar-refractivity contribution in [2.75, 3.05) is 6.61 Å². The van der Waals surface area contributed by atoms with E-state index in [1.807, 2.05) is 13.8 Å². The molecule has 2 N–H and O–H groups in total. The van der Waals surface area contributed by atoms with Crippen LogP contribution in [-0.4, -0.2) is 42.3 Å². The van der Waals surface area contributed by atoms with Gasteiger partial charge in [-0.05, 0) is 0 Å². The second-order valence-electron chi connectivity index (χ2n) is 5.26. The molecule has 0 atom stereocenters. The van der Waals surface area contributed by atoms with Gasteiger partial charge in [-0.3, -0.25) is 0 Å². The molecule has 7 heteroatoms. The van der Waals surface area contributed by atoms with Crippen molar-refractivity contribution in [1.82, 2.24) is 4.98 Å². The third-order valence-electron chi connectivity index (χ3n) is 2.94. The maximum absolute atomic E-state index is 11.2. The number of aliphatic hydroxyl groups is 1. The van der Waals surface area contributed by atoms with Gasteiger partial charge in [0.25, 0.3) is 0 Å². The summed E-state index contributed by atoms with van der Waals surface area (Å²) in [4.78, 5) is 18.9. The number of carboxylic acid groups (broad SMARTS) is 1. The number of nitrogens with zero attached hydrogens (tertiary/aromatic N) is 2. The van der Waals surface area contributed by atoms with E-state index in [2.05, 4.69) is 9.83 Å². The zero-order chi connectivity index (χ0) is 17.0. The van der Waals surface area contributed by atoms with Crippen molar-refractivity contribution in [3.63, 3.8) is 0 Å². The van der Waals surface area contributed by atoms with E-state index in [0.717, 1.165) is 0 Å². The first-order chi connectivity index (χ1) is 11.0. The van der Waals surface area contributed by atoms with Crippen LogP contribution >= 0.6 is 0 Å². The normalized spacial score (nSPS) is 10.6. The summed E-state index contributed by atoms with van der Waals surface area (Å²) in [5.41, 5.74) is 1.25. The Hall–Kier alpha value is -2.13. The van der Waals surface area contributed by atoms with Gasteiger partial charge in [-0.1, -0.05) is 0 Å². The quantitative estimate of drug-likeness (QED) is 0.595. The summed E-state index contributed by atoms with van der Waals surface area (Å²) in [6.45, 7) is 11.5. The maximum atomic E-state index is 11.2. The van der Waals surface area contributed by atoms with Gasteiger partial charge in [0.05, 0.1) is 0 Å². The Balaban J connectivity index is 2.38. The Morgan fingerprint density at radius 2 is 2.22 bits per heavy atom. The minimum atomic E-state index is -1.06. The number of aromatic nitrogens is 1. The van der Waals surface area contributed by atoms with E-state index < -0.39 is 27.1 Å². The van der Waals surface area contributed by atoms with Crippen LogP contribution in [0.4, 0.5) is 5.69 Å². The van der Waals surface area contributed by atoms with Crippen molar-refractivity contribution < 1.29 is 19.7 Å². The van der Waals surface area contributed by atoms with Gasteiger partial charge in [-0.25, -0.2) is 0 Å². The molecular formula is C16H16N2O4Se. The molecule has 0 saturated carbocycles. The first-order valence-electron chi connectivity index (χ1n) is 6.94. The number of carboxylic acids is 1. The number of ether oxygens (including phenoxy) is 1. The monoisotopic (exact) mass is 380 g/mol. The number of hydrogen-bond donors (Lipinski definition) is 2. The Morgan fingerprint density at radius 1 is 1.48 bits per heavy atom. The molecule has 0 aliphatic rings. The summed E-state index contributed by atoms with van der Waals surface area (Å²) in [5, 5.41) is 18.4. The van der Waals surface area contributed by atoms with Gasteiger partial charge in [0.2, 0.25) is 0 Å². The number of aromatic carboxylic acids is 1. The second-order valence-corrected chi connectivity index (χ2v) is 7.35. The van der Waals surface area contributed by atoms with Crippen molar-refractivity contribution in [3.8, 4) is 15.9 Å². The van der Waals surface area contributed by atoms with Crippen molar-refractivity contribution in [2.45, 2.75) is 20.5 Å². The average Bonchev–Trinajstić information content (AvgIpc) is 2.97. The Kier molecular flexibility index (Phi) is 5.56. The second kappa shape index (κ2) is 7.42. The first-order valence-corrected chi connectivity index (χ1v) is 8.66. The fourth-order valence-electron chi connectivity index (χ4n) is 1.87. The van der Waals surface area contributed by atoms with Crippen molar-refractivity contribution in [2.24, 2.45) is 5.92 Å². The predicted molar refractivity (Wildman–Crippen MR) is 86.1 cm³/mol. The van der Waals surface area contributed by atoms with E-state index in [-0.39, 0.29) is 10.1 Å². The molecule has 6 nitrogen and oxygen atoms in total. The van der Waals surface area contributed by atoms with Gasteiger partial charge in [0, 0.05) is 0 Å². The fraction of sp³-hybridized carbons (Fsp3) is 0.312. The molecule has 1 heterocycles. The number of rotatable bonds is 6. The molecule has 1 aromatic heterocycles. The molecule has 0 aliphatic heterocycles. The Morgan fingerprint density at radius 3 is 2.74 bits per heavy atom. The van der Waals surface area contributed by atoms with Gasteiger partial charge in [-0.15, -0.1) is 0 Å². The Labute approximate surface area is 139 Å². The predicted octanol–water partition coefficient (Wildman–Crippen LogP) is 2.58. The third kappa shape index (κ3) is 3.99. The molecular weight excluding hydrogens is 363 g/mol. The Bertz CT molecular complexity index is 762. The fourth-order valence-corrected chi connectivity index (χ4v) is 3.77. The van der Waals surface area contributed by atoms with Crippen molar-refractivity contribution in [1.29, 1.82) is 0 Å². The summed E-state index contributed by atoms with van der Waals surface area (Å²) in [7, 11) is 0. The summed E-state index contributed by atoms with van der Waals surface area (Å²) in [6, 6.07) is 5.13. The summed E-state index contributed by atoms with van der Waals surface area (Å²) in [6.07, 6.45) is 0. The van der Waals surface area contributed by atoms with Gasteiger partial charge < -0.3 is 0 Å². The van der Waals surface area contributed by atoms with Crippen LogP contribution in [0.25, 0.3) is 15.0 Å². The number of hydrogen-bond acceptors (Lipinski definition) is 4. The van der Waals surface area contributed by atoms with Crippen LogP contribution in [0.15, 0.2) is 18.2 Å². The van der Waals surface area contributed by atoms with Crippen LogP contribution in [0.1, 0.15) is 28.8 Å². The molecule has 0 bridgehead atoms. The van der Waals surface area contributed by atoms with E-state index in [1.54, 1.807) is 18.2 Å². The molecule has 2 rings (SSSR count). The van der Waals surface area contributed by atoms with E-state index in [4.69, 9.17) is 16.4 Å². The van der Waals surface area contributed by atoms with E-state index >= 15 is 0 Å². The van der Waals surface area contributed by atoms with E-state index in [9.17, 15) is 9.90 Å². The van der Waals surface area contributed by atoms with Crippen LogP contribution in [0.3, 0.4) is 0 Å². The third-order valence-corrected chi connectivity index (χ3v) is 5.32. The number of carbonyl (C=O) groups is 1. The van der Waals surface area contributed by atoms with Gasteiger partial charge >= 0.3 is 139 Å². The SMILES string of the molecule is [C-]#[N+]c1cc(-c2nc(CO)c(C(=O)O)[se]2)ccc1OCC(C)C. The zero-order valence-electron chi connectivity index (χ0n) is 12.7. The molecule has 0 unspecified atom stereocenters. The summed E-state index contributed by atoms with van der Waals surface area (Å²) < 4.78 is 6.36. The van der Waals surface area contributed by atoms with Gasteiger partial charge in [0.15, 0.2) is 0 Å². The van der Waals surface area contributed by atoms with E-state index in [0.29, 0.717) is 34.1 Å². The molecule has 0 saturated heterocycles. The molecule has 0 fully saturated rings. The first kappa shape index (κ1) is 17.2. The number of benzene rings is 1. The zero-order valence-corrected chi connectivity index (χ0v) is 14.5. The molecule has 0 spiro atoms. The van der Waals surface area contributed by atoms with Crippen LogP contribution in [-0.2, 0) is 6.61 Å². The van der Waals surface area contributed by atoms with Gasteiger partial charge in [-0.2, -0.15) is 0 Å². The molecule has 0 aliphatic carbocycles. The molecule has 0 amide bonds. The standard InChI is InChI=1S/C16H16N2O4Se/c1-9(2)8-22-13-5-4-10(6-11(13)17-3)15-18-12(7-19)14(23-15)16(20)21/h4-6,9,19H,7-8H2,1-2H3,(H,20,21). The van der Waals surface area contributed by atoms with Crippen LogP contribution in [0.5, 0.6) is 5.75 Å². The molecule has 0 radical (unpaired) electrons. The summed E-state index contributed by atoms with van der Waals surface area (Å²) in [5.74, 6) is -0.197. The van der Waals surface area contributed by atoms with Crippen molar-refractivity contribution >= 4 is 26.2 Å². The molecule has 2 aromatic rings.